The van der Waals surface area contributed by atoms with E-state index in [0.717, 1.165) is 6.42 Å². The van der Waals surface area contributed by atoms with E-state index in [9.17, 15) is 19.2 Å². The van der Waals surface area contributed by atoms with Crippen LogP contribution >= 0.6 is 0 Å². The third-order valence-corrected chi connectivity index (χ3v) is 6.05. The first-order chi connectivity index (χ1) is 14.3. The number of fused-ring (bicyclic) bond motifs is 1. The molecule has 0 unspecified atom stereocenters. The largest absolute Gasteiger partial charge is 0.462 e. The number of benzene rings is 1. The average Bonchev–Trinajstić information content (AvgIpc) is 3.33. The van der Waals surface area contributed by atoms with Crippen LogP contribution in [0.5, 0.6) is 0 Å². The van der Waals surface area contributed by atoms with E-state index in [-0.39, 0.29) is 29.8 Å². The first-order valence-electron chi connectivity index (χ1n) is 10.3. The third kappa shape index (κ3) is 3.91. The third-order valence-electron chi connectivity index (χ3n) is 6.05. The second kappa shape index (κ2) is 8.08. The fraction of sp³-hybridized carbons (Fsp3) is 0.545. The maximum Gasteiger partial charge on any atom is 0.338 e. The van der Waals surface area contributed by atoms with Crippen LogP contribution < -0.4 is 5.32 Å². The van der Waals surface area contributed by atoms with Gasteiger partial charge in [-0.25, -0.2) is 4.79 Å². The monoisotopic (exact) mass is 415 g/mol. The summed E-state index contributed by atoms with van der Waals surface area (Å²) in [5.74, 6) is -2.23. The first-order valence-corrected chi connectivity index (χ1v) is 10.3. The molecule has 1 N–H and O–H groups in total. The molecule has 5 atom stereocenters. The second-order valence-electron chi connectivity index (χ2n) is 8.65. The van der Waals surface area contributed by atoms with Crippen LogP contribution in [0, 0.1) is 29.6 Å². The highest BCUT2D eigenvalue weighted by Crippen LogP contribution is 2.57. The van der Waals surface area contributed by atoms with Gasteiger partial charge < -0.3 is 19.5 Å². The number of anilines is 1. The Bertz CT molecular complexity index is 861. The number of ether oxygens (including phenoxy) is 3. The van der Waals surface area contributed by atoms with Gasteiger partial charge in [0, 0.05) is 11.6 Å². The molecule has 1 heterocycles. The van der Waals surface area contributed by atoms with Gasteiger partial charge in [0.05, 0.1) is 24.0 Å². The minimum Gasteiger partial charge on any atom is -0.462 e. The van der Waals surface area contributed by atoms with Gasteiger partial charge in [0.1, 0.15) is 6.10 Å². The fourth-order valence-electron chi connectivity index (χ4n) is 4.77. The number of nitrogens with one attached hydrogen (secondary N) is 1. The van der Waals surface area contributed by atoms with E-state index in [1.54, 1.807) is 24.3 Å². The molecule has 8 nitrogen and oxygen atoms in total. The smallest absolute Gasteiger partial charge is 0.338 e. The zero-order valence-corrected chi connectivity index (χ0v) is 17.0. The van der Waals surface area contributed by atoms with Crippen molar-refractivity contribution in [2.45, 2.75) is 32.8 Å². The lowest BCUT2D eigenvalue weighted by atomic mass is 9.80. The summed E-state index contributed by atoms with van der Waals surface area (Å²) in [4.78, 5) is 48.5. The molecule has 30 heavy (non-hydrogen) atoms. The van der Waals surface area contributed by atoms with Crippen LogP contribution in [-0.2, 0) is 28.6 Å². The Morgan fingerprint density at radius 3 is 2.57 bits per heavy atom. The number of hydrogen-bond donors (Lipinski definition) is 1. The molecule has 160 valence electrons. The summed E-state index contributed by atoms with van der Waals surface area (Å²) >= 11 is 0. The Balaban J connectivity index is 1.26. The molecule has 1 aromatic carbocycles. The quantitative estimate of drug-likeness (QED) is 0.537. The van der Waals surface area contributed by atoms with Gasteiger partial charge in [-0.15, -0.1) is 0 Å². The number of rotatable bonds is 7. The minimum absolute atomic E-state index is 0.0505. The summed E-state index contributed by atoms with van der Waals surface area (Å²) < 4.78 is 15.7. The van der Waals surface area contributed by atoms with E-state index in [0.29, 0.717) is 24.3 Å². The van der Waals surface area contributed by atoms with Crippen LogP contribution in [0.25, 0.3) is 0 Å². The standard InChI is InChI=1S/C22H25NO7/c1-11(2)9-28-20(25)12-3-5-14(6-4-12)23-17(24)10-29-21(26)18-13-7-15-16(8-13)30-22(27)19(15)18/h3-6,11,13,15-16,18-19H,7-10H2,1-2H3,(H,23,24)/t13-,15+,16+,18-,19+/m1/s1. The van der Waals surface area contributed by atoms with E-state index in [1.165, 1.54) is 0 Å². The van der Waals surface area contributed by atoms with Gasteiger partial charge in [-0.3, -0.25) is 14.4 Å². The van der Waals surface area contributed by atoms with Gasteiger partial charge in [-0.05, 0) is 48.9 Å². The summed E-state index contributed by atoms with van der Waals surface area (Å²) in [5, 5.41) is 2.62. The van der Waals surface area contributed by atoms with Gasteiger partial charge in [0.2, 0.25) is 0 Å². The number of amides is 1. The molecule has 2 saturated carbocycles. The van der Waals surface area contributed by atoms with Crippen molar-refractivity contribution in [3.63, 3.8) is 0 Å². The Labute approximate surface area is 174 Å². The highest BCUT2D eigenvalue weighted by molar-refractivity contribution is 5.95. The lowest BCUT2D eigenvalue weighted by Crippen LogP contribution is -2.34. The summed E-state index contributed by atoms with van der Waals surface area (Å²) in [7, 11) is 0. The zero-order chi connectivity index (χ0) is 21.4. The molecule has 3 fully saturated rings. The molecule has 2 bridgehead atoms. The Morgan fingerprint density at radius 1 is 1.13 bits per heavy atom. The van der Waals surface area contributed by atoms with Crippen LogP contribution in [0.1, 0.15) is 37.0 Å². The van der Waals surface area contributed by atoms with Crippen LogP contribution in [0.15, 0.2) is 24.3 Å². The lowest BCUT2D eigenvalue weighted by molar-refractivity contribution is -0.157. The van der Waals surface area contributed by atoms with E-state index < -0.39 is 36.3 Å². The molecule has 1 aliphatic heterocycles. The highest BCUT2D eigenvalue weighted by Gasteiger charge is 2.64. The molecule has 2 aliphatic carbocycles. The van der Waals surface area contributed by atoms with Crippen LogP contribution in [0.3, 0.4) is 0 Å². The van der Waals surface area contributed by atoms with Gasteiger partial charge in [0.15, 0.2) is 6.61 Å². The average molecular weight is 415 g/mol. The normalized spacial score (nSPS) is 28.4. The predicted molar refractivity (Wildman–Crippen MR) is 104 cm³/mol. The molecule has 1 amide bonds. The topological polar surface area (TPSA) is 108 Å². The minimum atomic E-state index is -0.511. The Kier molecular flexibility index (Phi) is 5.49. The van der Waals surface area contributed by atoms with Crippen molar-refractivity contribution in [1.82, 2.24) is 0 Å². The van der Waals surface area contributed by atoms with Crippen molar-refractivity contribution in [1.29, 1.82) is 0 Å². The molecule has 4 rings (SSSR count). The maximum absolute atomic E-state index is 12.5. The first kappa shape index (κ1) is 20.4. The van der Waals surface area contributed by atoms with Crippen molar-refractivity contribution < 1.29 is 33.4 Å². The molecular weight excluding hydrogens is 390 g/mol. The summed E-state index contributed by atoms with van der Waals surface area (Å²) in [6.45, 7) is 3.80. The van der Waals surface area contributed by atoms with Crippen molar-refractivity contribution >= 4 is 29.5 Å². The fourth-order valence-corrected chi connectivity index (χ4v) is 4.77. The van der Waals surface area contributed by atoms with Gasteiger partial charge in [-0.2, -0.15) is 0 Å². The van der Waals surface area contributed by atoms with Crippen LogP contribution in [0.4, 0.5) is 5.69 Å². The molecule has 0 radical (unpaired) electrons. The molecule has 1 saturated heterocycles. The molecule has 0 spiro atoms. The van der Waals surface area contributed by atoms with Crippen molar-refractivity contribution in [2.75, 3.05) is 18.5 Å². The molecular formula is C22H25NO7. The zero-order valence-electron chi connectivity index (χ0n) is 17.0. The second-order valence-corrected chi connectivity index (χ2v) is 8.65. The van der Waals surface area contributed by atoms with Gasteiger partial charge in [-0.1, -0.05) is 13.8 Å². The van der Waals surface area contributed by atoms with Gasteiger partial charge in [0.25, 0.3) is 5.91 Å². The number of hydrogen-bond acceptors (Lipinski definition) is 7. The Morgan fingerprint density at radius 2 is 1.87 bits per heavy atom. The van der Waals surface area contributed by atoms with E-state index in [2.05, 4.69) is 5.32 Å². The van der Waals surface area contributed by atoms with Crippen molar-refractivity contribution in [2.24, 2.45) is 29.6 Å². The van der Waals surface area contributed by atoms with Crippen LogP contribution in [0.2, 0.25) is 0 Å². The van der Waals surface area contributed by atoms with Gasteiger partial charge >= 0.3 is 17.9 Å². The number of carbonyl (C=O) groups excluding carboxylic acids is 4. The maximum atomic E-state index is 12.5. The summed E-state index contributed by atoms with van der Waals surface area (Å²) in [5.41, 5.74) is 0.858. The molecule has 1 aromatic rings. The summed E-state index contributed by atoms with van der Waals surface area (Å²) in [6, 6.07) is 6.27. The molecule has 8 heteroatoms. The lowest BCUT2D eigenvalue weighted by Gasteiger charge is -2.22. The SMILES string of the molecule is CC(C)COC(=O)c1ccc(NC(=O)COC(=O)[C@@H]2[C@@H]3C[C@@H]4[C@@H]2C(=O)O[C@H]4C3)cc1. The number of esters is 3. The number of carbonyl (C=O) groups is 4. The highest BCUT2D eigenvalue weighted by atomic mass is 16.6. The van der Waals surface area contributed by atoms with Crippen LogP contribution in [-0.4, -0.2) is 43.1 Å². The van der Waals surface area contributed by atoms with E-state index >= 15 is 0 Å². The van der Waals surface area contributed by atoms with Crippen molar-refractivity contribution in [3.8, 4) is 0 Å². The summed E-state index contributed by atoms with van der Waals surface area (Å²) in [6.07, 6.45) is 1.45. The molecule has 0 aromatic heterocycles. The van der Waals surface area contributed by atoms with E-state index in [4.69, 9.17) is 14.2 Å². The Hall–Kier alpha value is -2.90. The van der Waals surface area contributed by atoms with E-state index in [1.807, 2.05) is 13.8 Å². The predicted octanol–water partition coefficient (Wildman–Crippen LogP) is 2.18. The molecule has 3 aliphatic rings. The van der Waals surface area contributed by atoms with Crippen molar-refractivity contribution in [3.05, 3.63) is 29.8 Å².